The van der Waals surface area contributed by atoms with E-state index in [1.807, 2.05) is 6.92 Å². The molecule has 20 heavy (non-hydrogen) atoms. The van der Waals surface area contributed by atoms with Crippen molar-refractivity contribution in [2.75, 3.05) is 17.7 Å². The fourth-order valence-electron chi connectivity index (χ4n) is 1.97. The SMILES string of the molecule is CCC(Nc1ccc2c(c1)NC(=O)C(C)O2)C(=O)OC. The number of rotatable bonds is 4. The summed E-state index contributed by atoms with van der Waals surface area (Å²) in [6.07, 6.45) is 0.101. The molecular formula is C14H18N2O4. The Bertz CT molecular complexity index is 530. The van der Waals surface area contributed by atoms with Crippen LogP contribution in [0.1, 0.15) is 20.3 Å². The Hall–Kier alpha value is -2.24. The molecule has 108 valence electrons. The summed E-state index contributed by atoms with van der Waals surface area (Å²) in [5, 5.41) is 5.84. The summed E-state index contributed by atoms with van der Waals surface area (Å²) in [7, 11) is 1.36. The second-order valence-corrected chi connectivity index (χ2v) is 4.59. The van der Waals surface area contributed by atoms with Gasteiger partial charge in [0, 0.05) is 5.69 Å². The first-order valence-corrected chi connectivity index (χ1v) is 6.51. The summed E-state index contributed by atoms with van der Waals surface area (Å²) in [5.41, 5.74) is 1.32. The van der Waals surface area contributed by atoms with Gasteiger partial charge in [-0.1, -0.05) is 6.92 Å². The van der Waals surface area contributed by atoms with Crippen LogP contribution in [0.3, 0.4) is 0 Å². The quantitative estimate of drug-likeness (QED) is 0.821. The van der Waals surface area contributed by atoms with Crippen molar-refractivity contribution >= 4 is 23.3 Å². The third-order valence-electron chi connectivity index (χ3n) is 3.15. The summed E-state index contributed by atoms with van der Waals surface area (Å²) >= 11 is 0. The van der Waals surface area contributed by atoms with Crippen LogP contribution < -0.4 is 15.4 Å². The summed E-state index contributed by atoms with van der Waals surface area (Å²) < 4.78 is 10.2. The number of carbonyl (C=O) groups excluding carboxylic acids is 2. The first-order chi connectivity index (χ1) is 9.55. The molecule has 1 aliphatic heterocycles. The van der Waals surface area contributed by atoms with Crippen molar-refractivity contribution in [2.24, 2.45) is 0 Å². The lowest BCUT2D eigenvalue weighted by Crippen LogP contribution is -2.34. The van der Waals surface area contributed by atoms with Gasteiger partial charge < -0.3 is 20.1 Å². The molecule has 0 bridgehead atoms. The maximum absolute atomic E-state index is 11.6. The predicted octanol–water partition coefficient (Wildman–Crippen LogP) is 1.77. The highest BCUT2D eigenvalue weighted by molar-refractivity contribution is 5.98. The molecule has 2 unspecified atom stereocenters. The molecule has 1 heterocycles. The molecule has 0 saturated heterocycles. The van der Waals surface area contributed by atoms with Crippen LogP contribution in [-0.4, -0.2) is 31.1 Å². The third kappa shape index (κ3) is 2.84. The Labute approximate surface area is 117 Å². The second kappa shape index (κ2) is 5.81. The average molecular weight is 278 g/mol. The first kappa shape index (κ1) is 14.2. The van der Waals surface area contributed by atoms with Gasteiger partial charge >= 0.3 is 5.97 Å². The van der Waals surface area contributed by atoms with Crippen molar-refractivity contribution in [2.45, 2.75) is 32.4 Å². The van der Waals surface area contributed by atoms with Gasteiger partial charge in [0.05, 0.1) is 12.8 Å². The lowest BCUT2D eigenvalue weighted by atomic mass is 10.1. The summed E-state index contributed by atoms with van der Waals surface area (Å²) in [6.45, 7) is 3.58. The topological polar surface area (TPSA) is 76.7 Å². The minimum absolute atomic E-state index is 0.186. The van der Waals surface area contributed by atoms with Gasteiger partial charge in [0.25, 0.3) is 5.91 Å². The standard InChI is InChI=1S/C14H18N2O4/c1-4-10(14(18)19-3)15-9-5-6-12-11(7-9)16-13(17)8(2)20-12/h5-8,10,15H,4H2,1-3H3,(H,16,17). The molecule has 0 radical (unpaired) electrons. The number of carbonyl (C=O) groups is 2. The number of anilines is 2. The first-order valence-electron chi connectivity index (χ1n) is 6.51. The van der Waals surface area contributed by atoms with E-state index in [-0.39, 0.29) is 11.9 Å². The monoisotopic (exact) mass is 278 g/mol. The second-order valence-electron chi connectivity index (χ2n) is 4.59. The van der Waals surface area contributed by atoms with E-state index in [9.17, 15) is 9.59 Å². The minimum Gasteiger partial charge on any atom is -0.479 e. The van der Waals surface area contributed by atoms with Crippen LogP contribution in [0.4, 0.5) is 11.4 Å². The van der Waals surface area contributed by atoms with Gasteiger partial charge in [-0.3, -0.25) is 4.79 Å². The molecule has 1 amide bonds. The Morgan fingerprint density at radius 1 is 1.55 bits per heavy atom. The lowest BCUT2D eigenvalue weighted by molar-refractivity contribution is -0.141. The zero-order valence-corrected chi connectivity index (χ0v) is 11.7. The lowest BCUT2D eigenvalue weighted by Gasteiger charge is -2.24. The van der Waals surface area contributed by atoms with E-state index in [0.29, 0.717) is 17.9 Å². The molecular weight excluding hydrogens is 260 g/mol. The van der Waals surface area contributed by atoms with Crippen LogP contribution in [0.5, 0.6) is 5.75 Å². The molecule has 2 N–H and O–H groups in total. The molecule has 6 heteroatoms. The van der Waals surface area contributed by atoms with Crippen molar-refractivity contribution in [3.05, 3.63) is 18.2 Å². The molecule has 1 aromatic rings. The van der Waals surface area contributed by atoms with E-state index >= 15 is 0 Å². The zero-order valence-electron chi connectivity index (χ0n) is 11.7. The van der Waals surface area contributed by atoms with Crippen molar-refractivity contribution in [1.82, 2.24) is 0 Å². The number of hydrogen-bond acceptors (Lipinski definition) is 5. The van der Waals surface area contributed by atoms with E-state index in [1.54, 1.807) is 25.1 Å². The van der Waals surface area contributed by atoms with Gasteiger partial charge in [-0.25, -0.2) is 4.79 Å². The normalized spacial score (nSPS) is 18.4. The van der Waals surface area contributed by atoms with E-state index in [4.69, 9.17) is 9.47 Å². The number of methoxy groups -OCH3 is 1. The molecule has 2 rings (SSSR count). The number of nitrogens with one attached hydrogen (secondary N) is 2. The van der Waals surface area contributed by atoms with E-state index < -0.39 is 12.1 Å². The van der Waals surface area contributed by atoms with Crippen LogP contribution in [0, 0.1) is 0 Å². The highest BCUT2D eigenvalue weighted by atomic mass is 16.5. The molecule has 2 atom stereocenters. The van der Waals surface area contributed by atoms with Crippen LogP contribution in [0.25, 0.3) is 0 Å². The zero-order chi connectivity index (χ0) is 14.7. The average Bonchev–Trinajstić information content (AvgIpc) is 2.45. The van der Waals surface area contributed by atoms with Crippen LogP contribution in [-0.2, 0) is 14.3 Å². The van der Waals surface area contributed by atoms with Crippen LogP contribution >= 0.6 is 0 Å². The smallest absolute Gasteiger partial charge is 0.328 e. The number of fused-ring (bicyclic) bond motifs is 1. The Morgan fingerprint density at radius 3 is 2.95 bits per heavy atom. The van der Waals surface area contributed by atoms with E-state index in [2.05, 4.69) is 10.6 Å². The summed E-state index contributed by atoms with van der Waals surface area (Å²) in [4.78, 5) is 23.1. The largest absolute Gasteiger partial charge is 0.479 e. The van der Waals surface area contributed by atoms with E-state index in [0.717, 1.165) is 5.69 Å². The number of ether oxygens (including phenoxy) is 2. The molecule has 0 aromatic heterocycles. The molecule has 6 nitrogen and oxygen atoms in total. The molecule has 0 aliphatic carbocycles. The van der Waals surface area contributed by atoms with Gasteiger partial charge in [0.15, 0.2) is 6.10 Å². The maximum Gasteiger partial charge on any atom is 0.328 e. The molecule has 0 saturated carbocycles. The number of benzene rings is 1. The predicted molar refractivity (Wildman–Crippen MR) is 74.9 cm³/mol. The molecule has 0 spiro atoms. The fraction of sp³-hybridized carbons (Fsp3) is 0.429. The maximum atomic E-state index is 11.6. The number of amides is 1. The number of esters is 1. The highest BCUT2D eigenvalue weighted by Crippen LogP contribution is 2.32. The summed E-state index contributed by atoms with van der Waals surface area (Å²) in [5.74, 6) is 0.113. The van der Waals surface area contributed by atoms with Crippen LogP contribution in [0.15, 0.2) is 18.2 Å². The third-order valence-corrected chi connectivity index (χ3v) is 3.15. The van der Waals surface area contributed by atoms with Gasteiger partial charge in [-0.2, -0.15) is 0 Å². The Balaban J connectivity index is 2.17. The van der Waals surface area contributed by atoms with Gasteiger partial charge in [-0.15, -0.1) is 0 Å². The molecule has 1 aromatic carbocycles. The van der Waals surface area contributed by atoms with Crippen molar-refractivity contribution in [3.8, 4) is 5.75 Å². The fourth-order valence-corrected chi connectivity index (χ4v) is 1.97. The van der Waals surface area contributed by atoms with E-state index in [1.165, 1.54) is 7.11 Å². The Morgan fingerprint density at radius 2 is 2.30 bits per heavy atom. The van der Waals surface area contributed by atoms with Crippen molar-refractivity contribution < 1.29 is 19.1 Å². The number of hydrogen-bond donors (Lipinski definition) is 2. The van der Waals surface area contributed by atoms with Gasteiger partial charge in [0.1, 0.15) is 11.8 Å². The highest BCUT2D eigenvalue weighted by Gasteiger charge is 2.24. The molecule has 0 fully saturated rings. The summed E-state index contributed by atoms with van der Waals surface area (Å²) in [6, 6.07) is 4.88. The van der Waals surface area contributed by atoms with Gasteiger partial charge in [0.2, 0.25) is 0 Å². The van der Waals surface area contributed by atoms with Crippen molar-refractivity contribution in [3.63, 3.8) is 0 Å². The minimum atomic E-state index is -0.500. The molecule has 1 aliphatic rings. The van der Waals surface area contributed by atoms with Crippen molar-refractivity contribution in [1.29, 1.82) is 0 Å². The van der Waals surface area contributed by atoms with Crippen LogP contribution in [0.2, 0.25) is 0 Å². The van der Waals surface area contributed by atoms with Gasteiger partial charge in [-0.05, 0) is 31.5 Å². The Kier molecular flexibility index (Phi) is 4.12.